The van der Waals surface area contributed by atoms with Gasteiger partial charge in [0.15, 0.2) is 0 Å². The number of likely N-dealkylation sites (tertiary alicyclic amines) is 1. The third kappa shape index (κ3) is 2.89. The van der Waals surface area contributed by atoms with Crippen molar-refractivity contribution in [3.05, 3.63) is 23.0 Å². The van der Waals surface area contributed by atoms with Crippen molar-refractivity contribution in [2.45, 2.75) is 40.0 Å². The van der Waals surface area contributed by atoms with Crippen molar-refractivity contribution in [1.82, 2.24) is 15.1 Å². The molecular formula is C15H21N3O3. The second kappa shape index (κ2) is 5.79. The Kier molecular flexibility index (Phi) is 4.25. The van der Waals surface area contributed by atoms with Crippen molar-refractivity contribution in [2.75, 3.05) is 13.1 Å². The minimum atomic E-state index is -0.805. The Morgan fingerprint density at radius 2 is 2.10 bits per heavy atom. The van der Waals surface area contributed by atoms with E-state index >= 15 is 0 Å². The molecule has 1 aromatic rings. The molecule has 1 aliphatic heterocycles. The minimum Gasteiger partial charge on any atom is -0.481 e. The Morgan fingerprint density at radius 1 is 1.38 bits per heavy atom. The fourth-order valence-electron chi connectivity index (χ4n) is 2.95. The van der Waals surface area contributed by atoms with E-state index < -0.39 is 11.4 Å². The molecule has 2 heterocycles. The standard InChI is InChI=1S/C15H21N3O3/c1-4-5-15(14(20)21)6-7-18(9-15)13(19)12-8-10(2)16-17-11(12)3/h8H,4-7,9H2,1-3H3,(H,20,21). The summed E-state index contributed by atoms with van der Waals surface area (Å²) in [5, 5.41) is 17.4. The van der Waals surface area contributed by atoms with Gasteiger partial charge in [-0.15, -0.1) is 0 Å². The first-order valence-electron chi connectivity index (χ1n) is 7.23. The second-order valence-corrected chi connectivity index (χ2v) is 5.80. The summed E-state index contributed by atoms with van der Waals surface area (Å²) in [4.78, 5) is 25.8. The Balaban J connectivity index is 2.22. The molecule has 1 amide bonds. The third-order valence-corrected chi connectivity index (χ3v) is 4.15. The maximum Gasteiger partial charge on any atom is 0.311 e. The Labute approximate surface area is 124 Å². The van der Waals surface area contributed by atoms with Crippen molar-refractivity contribution < 1.29 is 14.7 Å². The van der Waals surface area contributed by atoms with E-state index in [4.69, 9.17) is 0 Å². The SMILES string of the molecule is CCCC1(C(=O)O)CCN(C(=O)c2cc(C)nnc2C)C1. The second-order valence-electron chi connectivity index (χ2n) is 5.80. The molecule has 0 spiro atoms. The van der Waals surface area contributed by atoms with Gasteiger partial charge in [0.2, 0.25) is 0 Å². The van der Waals surface area contributed by atoms with Gasteiger partial charge in [-0.05, 0) is 32.8 Å². The molecule has 2 rings (SSSR count). The molecule has 1 atom stereocenters. The maximum atomic E-state index is 12.6. The highest BCUT2D eigenvalue weighted by Crippen LogP contribution is 2.36. The Bertz CT molecular complexity index is 573. The van der Waals surface area contributed by atoms with Crippen molar-refractivity contribution in [3.8, 4) is 0 Å². The first kappa shape index (κ1) is 15.4. The van der Waals surface area contributed by atoms with Gasteiger partial charge in [0.25, 0.3) is 5.91 Å². The molecule has 1 saturated heterocycles. The number of carboxylic acids is 1. The molecule has 0 saturated carbocycles. The summed E-state index contributed by atoms with van der Waals surface area (Å²) >= 11 is 0. The molecule has 1 aliphatic rings. The zero-order valence-corrected chi connectivity index (χ0v) is 12.7. The van der Waals surface area contributed by atoms with Crippen LogP contribution in [0.2, 0.25) is 0 Å². The van der Waals surface area contributed by atoms with Crippen LogP contribution >= 0.6 is 0 Å². The fourth-order valence-corrected chi connectivity index (χ4v) is 2.95. The number of carbonyl (C=O) groups excluding carboxylic acids is 1. The monoisotopic (exact) mass is 291 g/mol. The van der Waals surface area contributed by atoms with Gasteiger partial charge in [-0.25, -0.2) is 0 Å². The fraction of sp³-hybridized carbons (Fsp3) is 0.600. The third-order valence-electron chi connectivity index (χ3n) is 4.15. The zero-order chi connectivity index (χ0) is 15.6. The van der Waals surface area contributed by atoms with Crippen LogP contribution in [0.25, 0.3) is 0 Å². The van der Waals surface area contributed by atoms with Crippen LogP contribution in [-0.4, -0.2) is 45.2 Å². The normalized spacial score (nSPS) is 21.6. The summed E-state index contributed by atoms with van der Waals surface area (Å²) in [6.07, 6.45) is 1.90. The van der Waals surface area contributed by atoms with E-state index in [1.54, 1.807) is 24.8 Å². The minimum absolute atomic E-state index is 0.148. The predicted octanol–water partition coefficient (Wildman–Crippen LogP) is 1.81. The van der Waals surface area contributed by atoms with Gasteiger partial charge in [-0.1, -0.05) is 13.3 Å². The van der Waals surface area contributed by atoms with Crippen LogP contribution in [0.15, 0.2) is 6.07 Å². The molecule has 1 aromatic heterocycles. The van der Waals surface area contributed by atoms with Crippen LogP contribution < -0.4 is 0 Å². The smallest absolute Gasteiger partial charge is 0.311 e. The van der Waals surface area contributed by atoms with Crippen molar-refractivity contribution in [3.63, 3.8) is 0 Å². The molecule has 1 unspecified atom stereocenters. The molecule has 1 fully saturated rings. The van der Waals surface area contributed by atoms with Crippen LogP contribution in [0.1, 0.15) is 47.9 Å². The molecule has 6 nitrogen and oxygen atoms in total. The van der Waals surface area contributed by atoms with E-state index in [1.807, 2.05) is 6.92 Å². The van der Waals surface area contributed by atoms with E-state index in [0.717, 1.165) is 6.42 Å². The lowest BCUT2D eigenvalue weighted by molar-refractivity contribution is -0.148. The van der Waals surface area contributed by atoms with E-state index in [2.05, 4.69) is 10.2 Å². The summed E-state index contributed by atoms with van der Waals surface area (Å²) < 4.78 is 0. The molecule has 0 aromatic carbocycles. The van der Waals surface area contributed by atoms with Gasteiger partial charge in [0, 0.05) is 13.1 Å². The van der Waals surface area contributed by atoms with Gasteiger partial charge >= 0.3 is 5.97 Å². The Morgan fingerprint density at radius 3 is 2.71 bits per heavy atom. The highest BCUT2D eigenvalue weighted by molar-refractivity contribution is 5.96. The van der Waals surface area contributed by atoms with Crippen molar-refractivity contribution in [1.29, 1.82) is 0 Å². The average Bonchev–Trinajstić information content (AvgIpc) is 2.87. The molecule has 114 valence electrons. The van der Waals surface area contributed by atoms with Crippen LogP contribution in [0, 0.1) is 19.3 Å². The predicted molar refractivity (Wildman–Crippen MR) is 77.0 cm³/mol. The van der Waals surface area contributed by atoms with Crippen LogP contribution in [0.3, 0.4) is 0 Å². The van der Waals surface area contributed by atoms with Gasteiger partial charge in [-0.2, -0.15) is 10.2 Å². The number of hydrogen-bond acceptors (Lipinski definition) is 4. The number of aliphatic carboxylic acids is 1. The number of nitrogens with zero attached hydrogens (tertiary/aromatic N) is 3. The van der Waals surface area contributed by atoms with Gasteiger partial charge in [-0.3, -0.25) is 9.59 Å². The molecule has 21 heavy (non-hydrogen) atoms. The maximum absolute atomic E-state index is 12.6. The average molecular weight is 291 g/mol. The van der Waals surface area contributed by atoms with Crippen molar-refractivity contribution in [2.24, 2.45) is 5.41 Å². The summed E-state index contributed by atoms with van der Waals surface area (Å²) in [7, 11) is 0. The van der Waals surface area contributed by atoms with E-state index in [0.29, 0.717) is 36.3 Å². The summed E-state index contributed by atoms with van der Waals surface area (Å²) in [6, 6.07) is 1.71. The lowest BCUT2D eigenvalue weighted by Crippen LogP contribution is -2.37. The quantitative estimate of drug-likeness (QED) is 0.914. The largest absolute Gasteiger partial charge is 0.481 e. The molecular weight excluding hydrogens is 270 g/mol. The van der Waals surface area contributed by atoms with Crippen LogP contribution in [0.4, 0.5) is 0 Å². The summed E-state index contributed by atoms with van der Waals surface area (Å²) in [5.74, 6) is -0.954. The highest BCUT2D eigenvalue weighted by atomic mass is 16.4. The molecule has 0 bridgehead atoms. The van der Waals surface area contributed by atoms with E-state index in [-0.39, 0.29) is 12.5 Å². The highest BCUT2D eigenvalue weighted by Gasteiger charge is 2.45. The van der Waals surface area contributed by atoms with Crippen LogP contribution in [-0.2, 0) is 4.79 Å². The first-order chi connectivity index (χ1) is 9.89. The van der Waals surface area contributed by atoms with E-state index in [1.165, 1.54) is 0 Å². The summed E-state index contributed by atoms with van der Waals surface area (Å²) in [6.45, 7) is 6.25. The lowest BCUT2D eigenvalue weighted by atomic mass is 9.83. The summed E-state index contributed by atoms with van der Waals surface area (Å²) in [5.41, 5.74) is 0.976. The first-order valence-corrected chi connectivity index (χ1v) is 7.23. The number of carbonyl (C=O) groups is 2. The lowest BCUT2D eigenvalue weighted by Gasteiger charge is -2.24. The van der Waals surface area contributed by atoms with E-state index in [9.17, 15) is 14.7 Å². The zero-order valence-electron chi connectivity index (χ0n) is 12.7. The molecule has 1 N–H and O–H groups in total. The number of aryl methyl sites for hydroxylation is 2. The van der Waals surface area contributed by atoms with Crippen LogP contribution in [0.5, 0.6) is 0 Å². The number of hydrogen-bond donors (Lipinski definition) is 1. The Hall–Kier alpha value is -1.98. The topological polar surface area (TPSA) is 83.4 Å². The van der Waals surface area contributed by atoms with Gasteiger partial charge in [0.1, 0.15) is 0 Å². The number of rotatable bonds is 4. The number of carboxylic acid groups (broad SMARTS) is 1. The molecule has 6 heteroatoms. The molecule has 0 radical (unpaired) electrons. The molecule has 0 aliphatic carbocycles. The van der Waals surface area contributed by atoms with Gasteiger partial charge < -0.3 is 10.0 Å². The number of amides is 1. The van der Waals surface area contributed by atoms with Crippen molar-refractivity contribution >= 4 is 11.9 Å². The van der Waals surface area contributed by atoms with Gasteiger partial charge in [0.05, 0.1) is 22.4 Å². The number of aromatic nitrogens is 2.